The Labute approximate surface area is 113 Å². The minimum Gasteiger partial charge on any atom is -0.368 e. The van der Waals surface area contributed by atoms with Crippen molar-refractivity contribution in [3.63, 3.8) is 0 Å². The standard InChI is InChI=1S/C17H29N/c1-17(2)13-16(17)18(14-9-5-3-6-10-14)15-11-7-4-8-12-15/h13-15H,3-12H2,1-2H3. The highest BCUT2D eigenvalue weighted by atomic mass is 15.2. The van der Waals surface area contributed by atoms with Gasteiger partial charge in [-0.15, -0.1) is 0 Å². The maximum absolute atomic E-state index is 2.89. The van der Waals surface area contributed by atoms with Crippen molar-refractivity contribution in [3.05, 3.63) is 11.8 Å². The van der Waals surface area contributed by atoms with Gasteiger partial charge in [0, 0.05) is 23.2 Å². The van der Waals surface area contributed by atoms with Gasteiger partial charge in [0.25, 0.3) is 0 Å². The van der Waals surface area contributed by atoms with E-state index >= 15 is 0 Å². The molecule has 18 heavy (non-hydrogen) atoms. The molecule has 1 nitrogen and oxygen atoms in total. The lowest BCUT2D eigenvalue weighted by molar-refractivity contribution is 0.115. The van der Waals surface area contributed by atoms with Crippen LogP contribution in [0.3, 0.4) is 0 Å². The second-order valence-corrected chi connectivity index (χ2v) is 7.24. The molecule has 0 aromatic carbocycles. The Kier molecular flexibility index (Phi) is 3.42. The summed E-state index contributed by atoms with van der Waals surface area (Å²) < 4.78 is 0. The van der Waals surface area contributed by atoms with Crippen LogP contribution in [0.15, 0.2) is 11.8 Å². The molecule has 0 aromatic rings. The summed E-state index contributed by atoms with van der Waals surface area (Å²) in [6.07, 6.45) is 17.1. The molecule has 0 radical (unpaired) electrons. The Morgan fingerprint density at radius 3 is 1.56 bits per heavy atom. The molecule has 3 aliphatic rings. The Balaban J connectivity index is 1.73. The number of hydrogen-bond acceptors (Lipinski definition) is 1. The predicted octanol–water partition coefficient (Wildman–Crippen LogP) is 4.88. The highest BCUT2D eigenvalue weighted by Gasteiger charge is 2.43. The second-order valence-electron chi connectivity index (χ2n) is 7.24. The smallest absolute Gasteiger partial charge is 0.0290 e. The zero-order chi connectivity index (χ0) is 12.6. The van der Waals surface area contributed by atoms with Crippen LogP contribution in [0.25, 0.3) is 0 Å². The lowest BCUT2D eigenvalue weighted by Gasteiger charge is -2.43. The minimum absolute atomic E-state index is 0.412. The average molecular weight is 247 g/mol. The van der Waals surface area contributed by atoms with Crippen LogP contribution in [0.4, 0.5) is 0 Å². The number of allylic oxidation sites excluding steroid dienone is 2. The van der Waals surface area contributed by atoms with Gasteiger partial charge >= 0.3 is 0 Å². The average Bonchev–Trinajstić information content (AvgIpc) is 3.01. The first kappa shape index (κ1) is 12.6. The molecular weight excluding hydrogens is 218 g/mol. The molecular formula is C17H29N. The van der Waals surface area contributed by atoms with E-state index in [1.165, 1.54) is 64.2 Å². The van der Waals surface area contributed by atoms with Crippen molar-refractivity contribution in [1.82, 2.24) is 4.90 Å². The number of nitrogens with zero attached hydrogens (tertiary/aromatic N) is 1. The highest BCUT2D eigenvalue weighted by molar-refractivity contribution is 5.36. The fourth-order valence-corrected chi connectivity index (χ4v) is 4.12. The van der Waals surface area contributed by atoms with Gasteiger partial charge in [0.15, 0.2) is 0 Å². The van der Waals surface area contributed by atoms with E-state index in [1.807, 2.05) is 0 Å². The molecule has 2 fully saturated rings. The molecule has 0 amide bonds. The maximum atomic E-state index is 2.89. The zero-order valence-electron chi connectivity index (χ0n) is 12.3. The first-order valence-corrected chi connectivity index (χ1v) is 8.20. The molecule has 0 heterocycles. The van der Waals surface area contributed by atoms with Gasteiger partial charge in [0.2, 0.25) is 0 Å². The maximum Gasteiger partial charge on any atom is 0.0290 e. The first-order valence-electron chi connectivity index (χ1n) is 8.20. The SMILES string of the molecule is CC1(C)C=C1N(C1CCCCC1)C1CCCCC1. The number of hydrogen-bond donors (Lipinski definition) is 0. The van der Waals surface area contributed by atoms with Crippen molar-refractivity contribution in [2.45, 2.75) is 90.1 Å². The summed E-state index contributed by atoms with van der Waals surface area (Å²) in [4.78, 5) is 2.89. The Bertz CT molecular complexity index is 299. The molecule has 0 atom stereocenters. The zero-order valence-corrected chi connectivity index (χ0v) is 12.3. The van der Waals surface area contributed by atoms with E-state index < -0.39 is 0 Å². The van der Waals surface area contributed by atoms with Crippen molar-refractivity contribution >= 4 is 0 Å². The van der Waals surface area contributed by atoms with Crippen molar-refractivity contribution in [2.75, 3.05) is 0 Å². The lowest BCUT2D eigenvalue weighted by atomic mass is 9.88. The van der Waals surface area contributed by atoms with Crippen molar-refractivity contribution in [3.8, 4) is 0 Å². The van der Waals surface area contributed by atoms with Gasteiger partial charge < -0.3 is 4.90 Å². The largest absolute Gasteiger partial charge is 0.368 e. The molecule has 102 valence electrons. The van der Waals surface area contributed by atoms with Crippen LogP contribution < -0.4 is 0 Å². The monoisotopic (exact) mass is 247 g/mol. The van der Waals surface area contributed by atoms with Gasteiger partial charge in [-0.25, -0.2) is 0 Å². The van der Waals surface area contributed by atoms with Gasteiger partial charge in [-0.3, -0.25) is 0 Å². The summed E-state index contributed by atoms with van der Waals surface area (Å²) in [6, 6.07) is 1.74. The Morgan fingerprint density at radius 2 is 1.22 bits per heavy atom. The third kappa shape index (κ3) is 2.46. The molecule has 3 aliphatic carbocycles. The molecule has 1 heteroatoms. The van der Waals surface area contributed by atoms with Crippen LogP contribution >= 0.6 is 0 Å². The lowest BCUT2D eigenvalue weighted by Crippen LogP contribution is -2.43. The van der Waals surface area contributed by atoms with Crippen molar-refractivity contribution < 1.29 is 0 Å². The van der Waals surface area contributed by atoms with Gasteiger partial charge in [-0.2, -0.15) is 0 Å². The Morgan fingerprint density at radius 1 is 0.833 bits per heavy atom. The summed E-state index contributed by atoms with van der Waals surface area (Å²) in [5.74, 6) is 0. The molecule has 0 bridgehead atoms. The number of rotatable bonds is 3. The van der Waals surface area contributed by atoms with Gasteiger partial charge in [0.05, 0.1) is 0 Å². The molecule has 0 aromatic heterocycles. The normalized spacial score (nSPS) is 28.9. The second kappa shape index (κ2) is 4.90. The van der Waals surface area contributed by atoms with Crippen molar-refractivity contribution in [1.29, 1.82) is 0 Å². The fourth-order valence-electron chi connectivity index (χ4n) is 4.12. The van der Waals surface area contributed by atoms with E-state index in [-0.39, 0.29) is 0 Å². The molecule has 2 saturated carbocycles. The van der Waals surface area contributed by atoms with E-state index in [0.29, 0.717) is 5.41 Å². The topological polar surface area (TPSA) is 3.24 Å². The van der Waals surface area contributed by atoms with Crippen molar-refractivity contribution in [2.24, 2.45) is 5.41 Å². The highest BCUT2D eigenvalue weighted by Crippen LogP contribution is 2.49. The molecule has 0 unspecified atom stereocenters. The fraction of sp³-hybridized carbons (Fsp3) is 0.882. The summed E-state index contributed by atoms with van der Waals surface area (Å²) in [5, 5.41) is 0. The van der Waals surface area contributed by atoms with Crippen LogP contribution in [0.2, 0.25) is 0 Å². The summed E-state index contributed by atoms with van der Waals surface area (Å²) in [7, 11) is 0. The van der Waals surface area contributed by atoms with E-state index in [0.717, 1.165) is 12.1 Å². The molecule has 0 aliphatic heterocycles. The third-order valence-electron chi connectivity index (χ3n) is 5.29. The van der Waals surface area contributed by atoms with Gasteiger partial charge in [-0.05, 0) is 25.7 Å². The van der Waals surface area contributed by atoms with Crippen LogP contribution in [0.5, 0.6) is 0 Å². The predicted molar refractivity (Wildman–Crippen MR) is 77.4 cm³/mol. The van der Waals surface area contributed by atoms with Crippen LogP contribution in [-0.4, -0.2) is 17.0 Å². The summed E-state index contributed by atoms with van der Waals surface area (Å²) >= 11 is 0. The van der Waals surface area contributed by atoms with Gasteiger partial charge in [-0.1, -0.05) is 58.4 Å². The van der Waals surface area contributed by atoms with Crippen LogP contribution in [0.1, 0.15) is 78.1 Å². The summed E-state index contributed by atoms with van der Waals surface area (Å²) in [5.41, 5.74) is 2.09. The molecule has 0 spiro atoms. The Hall–Kier alpha value is -0.460. The van der Waals surface area contributed by atoms with E-state index in [4.69, 9.17) is 0 Å². The van der Waals surface area contributed by atoms with Crippen LogP contribution in [0, 0.1) is 5.41 Å². The quantitative estimate of drug-likeness (QED) is 0.687. The first-order chi connectivity index (χ1) is 8.68. The third-order valence-corrected chi connectivity index (χ3v) is 5.29. The van der Waals surface area contributed by atoms with Crippen LogP contribution in [-0.2, 0) is 0 Å². The van der Waals surface area contributed by atoms with E-state index in [2.05, 4.69) is 24.8 Å². The summed E-state index contributed by atoms with van der Waals surface area (Å²) in [6.45, 7) is 4.78. The van der Waals surface area contributed by atoms with Gasteiger partial charge in [0.1, 0.15) is 0 Å². The molecule has 3 rings (SSSR count). The molecule has 0 saturated heterocycles. The van der Waals surface area contributed by atoms with E-state index in [1.54, 1.807) is 5.70 Å². The molecule has 0 N–H and O–H groups in total. The minimum atomic E-state index is 0.412. The van der Waals surface area contributed by atoms with E-state index in [9.17, 15) is 0 Å².